The van der Waals surface area contributed by atoms with E-state index in [9.17, 15) is 0 Å². The Morgan fingerprint density at radius 1 is 1.36 bits per heavy atom. The van der Waals surface area contributed by atoms with Crippen molar-refractivity contribution >= 4 is 8.53 Å². The molecule has 0 amide bonds. The van der Waals surface area contributed by atoms with E-state index in [0.717, 1.165) is 6.42 Å². The van der Waals surface area contributed by atoms with Crippen molar-refractivity contribution in [2.24, 2.45) is 0 Å². The molecule has 4 nitrogen and oxygen atoms in total. The zero-order valence-corrected chi connectivity index (χ0v) is 10.7. The maximum absolute atomic E-state index is 9.09. The maximum atomic E-state index is 9.09. The van der Waals surface area contributed by atoms with Gasteiger partial charge in [-0.05, 0) is 0 Å². The summed E-state index contributed by atoms with van der Waals surface area (Å²) in [6, 6.07) is 0. The summed E-state index contributed by atoms with van der Waals surface area (Å²) >= 11 is -1.37. The van der Waals surface area contributed by atoms with Crippen LogP contribution in [0.5, 0.6) is 0 Å². The first-order valence-corrected chi connectivity index (χ1v) is 6.36. The van der Waals surface area contributed by atoms with E-state index in [1.165, 1.54) is 8.53 Å². The first kappa shape index (κ1) is 18.7. The molecule has 5 heteroatoms. The van der Waals surface area contributed by atoms with E-state index in [0.29, 0.717) is 0 Å². The van der Waals surface area contributed by atoms with Crippen LogP contribution in [0.1, 0.15) is 13.3 Å². The molecule has 0 spiro atoms. The van der Waals surface area contributed by atoms with Crippen LogP contribution in [0.2, 0.25) is 0 Å². The van der Waals surface area contributed by atoms with E-state index in [1.807, 2.05) is 12.2 Å². The molecule has 0 bridgehead atoms. The molecule has 0 aromatic heterocycles. The van der Waals surface area contributed by atoms with Gasteiger partial charge in [0.1, 0.15) is 0 Å². The van der Waals surface area contributed by atoms with Gasteiger partial charge in [0.05, 0.1) is 0 Å². The van der Waals surface area contributed by atoms with E-state index >= 15 is 0 Å². The van der Waals surface area contributed by atoms with E-state index in [-0.39, 0.29) is 0 Å². The van der Waals surface area contributed by atoms with Crippen molar-refractivity contribution in [3.63, 3.8) is 0 Å². The van der Waals surface area contributed by atoms with Crippen molar-refractivity contribution in [1.29, 1.82) is 0 Å². The van der Waals surface area contributed by atoms with Gasteiger partial charge >= 0.3 is 35.8 Å². The van der Waals surface area contributed by atoms with Gasteiger partial charge in [-0.15, -0.1) is 6.42 Å². The van der Waals surface area contributed by atoms with Crippen LogP contribution in [0.15, 0.2) is 18.2 Å². The van der Waals surface area contributed by atoms with E-state index in [2.05, 4.69) is 19.1 Å². The van der Waals surface area contributed by atoms with Crippen LogP contribution < -0.4 is 0 Å². The average molecular weight is 364 g/mol. The molecule has 0 aromatic rings. The molecule has 0 atom stereocenters. The summed E-state index contributed by atoms with van der Waals surface area (Å²) < 4.78 is 3.02. The molecule has 1 rings (SSSR count). The Labute approximate surface area is 91.0 Å². The van der Waals surface area contributed by atoms with Crippen molar-refractivity contribution in [2.45, 2.75) is 13.3 Å². The number of hydrogen-bond acceptors (Lipinski definition) is 3. The fourth-order valence-corrected chi connectivity index (χ4v) is 0.479. The Morgan fingerprint density at radius 2 is 1.86 bits per heavy atom. The largest absolute Gasteiger partial charge is 0.577 e. The van der Waals surface area contributed by atoms with Crippen molar-refractivity contribution in [3.8, 4) is 0 Å². The summed E-state index contributed by atoms with van der Waals surface area (Å²) in [6.45, 7) is 5.00. The summed E-state index contributed by atoms with van der Waals surface area (Å²) in [4.78, 5) is 25.4. The molecule has 78 valence electrons. The van der Waals surface area contributed by atoms with E-state index in [4.69, 9.17) is 20.1 Å². The number of carbonyl (C=O) groups excluding carboxylic acids is 2. The first-order chi connectivity index (χ1) is 6.91. The zero-order chi connectivity index (χ0) is 11.7. The molecule has 0 aliphatic heterocycles. The van der Waals surface area contributed by atoms with Gasteiger partial charge < -0.3 is 17.4 Å². The topological polar surface area (TPSA) is 73.5 Å². The Hall–Kier alpha value is -1.07. The third kappa shape index (κ3) is 30.7. The van der Waals surface area contributed by atoms with Gasteiger partial charge in [-0.2, -0.15) is 13.0 Å². The molecular formula is C9H10NO3W-3. The van der Waals surface area contributed by atoms with Gasteiger partial charge in [0.15, 0.2) is 0 Å². The molecule has 0 radical (unpaired) electrons. The van der Waals surface area contributed by atoms with Crippen LogP contribution in [0.25, 0.3) is 5.59 Å². The van der Waals surface area contributed by atoms with Crippen molar-refractivity contribution in [3.05, 3.63) is 41.7 Å². The van der Waals surface area contributed by atoms with Crippen LogP contribution in [0.3, 0.4) is 0 Å². The Balaban J connectivity index is -0.000000128. The van der Waals surface area contributed by atoms with Crippen LogP contribution >= 0.6 is 0 Å². The molecule has 1 aliphatic rings. The molecule has 0 saturated heterocycles. The molecule has 0 N–H and O–H groups in total. The van der Waals surface area contributed by atoms with Gasteiger partial charge in [-0.3, -0.25) is 6.08 Å². The van der Waals surface area contributed by atoms with Gasteiger partial charge in [0.25, 0.3) is 0 Å². The molecule has 14 heavy (non-hydrogen) atoms. The number of rotatable bonds is 0. The predicted molar refractivity (Wildman–Crippen MR) is 50.7 cm³/mol. The second-order valence-electron chi connectivity index (χ2n) is 1.27. The number of nitrogens with zero attached hydrogens (tertiary/aromatic N) is 1. The third-order valence-corrected chi connectivity index (χ3v) is 1.27. The minimum absolute atomic E-state index is 1.01. The standard InChI is InChI=1S/C5H5.C2H5.2CO.NO.W/c1-2-4-5-3-1;4*1-2;/h1-3H,4H2;1H2,2H3;;;;/q2*-1;;;-1;. The monoisotopic (exact) mass is 364 g/mol. The molecular weight excluding hydrogens is 354 g/mol. The minimum Gasteiger partial charge on any atom is -0.577 e. The fraction of sp³-hybridized carbons (Fsp3) is 0.222. The molecule has 0 saturated carbocycles. The second-order valence-corrected chi connectivity index (χ2v) is 3.20. The number of allylic oxidation sites excluding steroid dienone is 4. The Kier molecular flexibility index (Phi) is 39.6. The summed E-state index contributed by atoms with van der Waals surface area (Å²) in [5.74, 6) is 0. The van der Waals surface area contributed by atoms with E-state index in [1.54, 1.807) is 6.92 Å². The van der Waals surface area contributed by atoms with Crippen molar-refractivity contribution in [2.75, 3.05) is 0 Å². The van der Waals surface area contributed by atoms with Gasteiger partial charge in [-0.25, -0.2) is 12.2 Å². The smallest absolute Gasteiger partial charge is 0.109 e. The van der Waals surface area contributed by atoms with Gasteiger partial charge in [0.2, 0.25) is 0 Å². The van der Waals surface area contributed by atoms with Gasteiger partial charge in [-0.1, -0.05) is 0 Å². The molecule has 0 heterocycles. The summed E-state index contributed by atoms with van der Waals surface area (Å²) in [5.41, 5.74) is 5.75. The Morgan fingerprint density at radius 3 is 1.93 bits per heavy atom. The SMILES string of the molecule is O=[C]=[W]=[C]=O.[C-]1=CC=CC1.[CH2-]C.[N-]=O. The summed E-state index contributed by atoms with van der Waals surface area (Å²) in [6.07, 6.45) is 10.0. The third-order valence-electron chi connectivity index (χ3n) is 0.669. The van der Waals surface area contributed by atoms with Crippen molar-refractivity contribution in [1.82, 2.24) is 0 Å². The average Bonchev–Trinajstić information content (AvgIpc) is 2.83. The number of hydrogen-bond donors (Lipinski definition) is 0. The normalized spacial score (nSPS) is 8.43. The fourth-order valence-electron chi connectivity index (χ4n) is 0.357. The van der Waals surface area contributed by atoms with E-state index < -0.39 is 17.6 Å². The maximum Gasteiger partial charge on any atom is -0.109 e. The summed E-state index contributed by atoms with van der Waals surface area (Å²) in [7, 11) is 0. The first-order valence-electron chi connectivity index (χ1n) is 3.42. The molecule has 0 unspecified atom stereocenters. The number of nitroso groups, excluding NO2 is 1. The van der Waals surface area contributed by atoms with Crippen LogP contribution in [-0.2, 0) is 27.2 Å². The quantitative estimate of drug-likeness (QED) is 0.614. The van der Waals surface area contributed by atoms with Crippen LogP contribution in [0.4, 0.5) is 0 Å². The molecule has 0 fully saturated rings. The molecule has 0 aromatic carbocycles. The zero-order valence-electron chi connectivity index (χ0n) is 7.73. The van der Waals surface area contributed by atoms with Crippen molar-refractivity contribution < 1.29 is 27.2 Å². The Bertz CT molecular complexity index is 235. The van der Waals surface area contributed by atoms with Gasteiger partial charge in [0, 0.05) is 0 Å². The summed E-state index contributed by atoms with van der Waals surface area (Å²) in [5, 5.41) is 0. The predicted octanol–water partition coefficient (Wildman–Crippen LogP) is 1.67. The molecule has 1 aliphatic carbocycles. The van der Waals surface area contributed by atoms with Crippen LogP contribution in [0, 0.1) is 17.9 Å². The van der Waals surface area contributed by atoms with Crippen LogP contribution in [-0.4, -0.2) is 8.53 Å². The second kappa shape index (κ2) is 29.7. The minimum atomic E-state index is -1.37.